The zero-order valence-electron chi connectivity index (χ0n) is 14.8. The van der Waals surface area contributed by atoms with Gasteiger partial charge in [0.15, 0.2) is 0 Å². The molecule has 27 heavy (non-hydrogen) atoms. The highest BCUT2D eigenvalue weighted by atomic mass is 32.1. The first-order chi connectivity index (χ1) is 13.2. The van der Waals surface area contributed by atoms with Crippen molar-refractivity contribution in [3.8, 4) is 5.75 Å². The summed E-state index contributed by atoms with van der Waals surface area (Å²) >= 11 is 1.13. The maximum Gasteiger partial charge on any atom is 0.286 e. The zero-order valence-corrected chi connectivity index (χ0v) is 15.7. The number of nitrogens with one attached hydrogen (secondary N) is 1. The summed E-state index contributed by atoms with van der Waals surface area (Å²) in [6.45, 7) is 2.35. The van der Waals surface area contributed by atoms with Gasteiger partial charge in [-0.25, -0.2) is 0 Å². The number of anilines is 1. The van der Waals surface area contributed by atoms with Crippen LogP contribution in [0.1, 0.15) is 14.8 Å². The molecule has 1 fully saturated rings. The van der Waals surface area contributed by atoms with Crippen molar-refractivity contribution in [1.82, 2.24) is 15.1 Å². The van der Waals surface area contributed by atoms with Crippen LogP contribution in [0.25, 0.3) is 0 Å². The normalized spacial score (nSPS) is 14.0. The van der Waals surface area contributed by atoms with E-state index in [0.717, 1.165) is 11.3 Å². The summed E-state index contributed by atoms with van der Waals surface area (Å²) in [5.74, 6) is 0.267. The van der Waals surface area contributed by atoms with E-state index < -0.39 is 0 Å². The predicted molar refractivity (Wildman–Crippen MR) is 97.9 cm³/mol. The third kappa shape index (κ3) is 5.46. The van der Waals surface area contributed by atoms with Gasteiger partial charge < -0.3 is 24.4 Å². The third-order valence-electron chi connectivity index (χ3n) is 3.82. The van der Waals surface area contributed by atoms with Gasteiger partial charge in [0.2, 0.25) is 10.9 Å². The lowest BCUT2D eigenvalue weighted by Crippen LogP contribution is -2.42. The predicted octanol–water partition coefficient (Wildman–Crippen LogP) is 1.17. The van der Waals surface area contributed by atoms with Crippen molar-refractivity contribution in [3.63, 3.8) is 0 Å². The largest absolute Gasteiger partial charge is 0.497 e. The number of amides is 2. The molecule has 2 amide bonds. The van der Waals surface area contributed by atoms with Crippen molar-refractivity contribution in [3.05, 3.63) is 34.3 Å². The molecule has 1 saturated heterocycles. The van der Waals surface area contributed by atoms with E-state index in [0.29, 0.717) is 42.7 Å². The average molecular weight is 392 g/mol. The summed E-state index contributed by atoms with van der Waals surface area (Å²) in [5.41, 5.74) is 0.630. The molecule has 9 nitrogen and oxygen atoms in total. The maximum absolute atomic E-state index is 12.2. The minimum absolute atomic E-state index is 0.0348. The van der Waals surface area contributed by atoms with E-state index in [1.54, 1.807) is 36.3 Å². The number of aromatic nitrogens is 2. The maximum atomic E-state index is 12.2. The summed E-state index contributed by atoms with van der Waals surface area (Å²) in [7, 11) is 1.58. The standard InChI is InChI=1S/C17H20N4O5S/c1-24-13-4-2-12(3-5-13)18-16(23)17-20-19-14(27-17)10-26-11-15(22)21-6-8-25-9-7-21/h2-5H,6-11H2,1H3,(H,18,23). The van der Waals surface area contributed by atoms with Crippen LogP contribution in [0.4, 0.5) is 5.69 Å². The van der Waals surface area contributed by atoms with Crippen LogP contribution in [-0.2, 0) is 20.9 Å². The summed E-state index contributed by atoms with van der Waals surface area (Å²) in [6.07, 6.45) is 0. The van der Waals surface area contributed by atoms with Gasteiger partial charge in [-0.15, -0.1) is 10.2 Å². The van der Waals surface area contributed by atoms with Gasteiger partial charge in [0, 0.05) is 18.8 Å². The highest BCUT2D eigenvalue weighted by molar-refractivity contribution is 7.13. The Balaban J connectivity index is 1.45. The van der Waals surface area contributed by atoms with Crippen molar-refractivity contribution in [2.24, 2.45) is 0 Å². The SMILES string of the molecule is COc1ccc(NC(=O)c2nnc(COCC(=O)N3CCOCC3)s2)cc1. The number of rotatable bonds is 7. The van der Waals surface area contributed by atoms with Crippen LogP contribution in [-0.4, -0.2) is 66.9 Å². The lowest BCUT2D eigenvalue weighted by molar-refractivity contribution is -0.140. The lowest BCUT2D eigenvalue weighted by atomic mass is 10.3. The topological polar surface area (TPSA) is 103 Å². The molecule has 0 saturated carbocycles. The molecule has 0 atom stereocenters. The minimum atomic E-state index is -0.353. The summed E-state index contributed by atoms with van der Waals surface area (Å²) < 4.78 is 15.7. The molecule has 0 aliphatic carbocycles. The Morgan fingerprint density at radius 1 is 1.22 bits per heavy atom. The molecule has 10 heteroatoms. The van der Waals surface area contributed by atoms with E-state index in [4.69, 9.17) is 14.2 Å². The number of nitrogens with zero attached hydrogens (tertiary/aromatic N) is 3. The van der Waals surface area contributed by atoms with Crippen LogP contribution < -0.4 is 10.1 Å². The molecule has 2 heterocycles. The van der Waals surface area contributed by atoms with Gasteiger partial charge >= 0.3 is 0 Å². The molecular formula is C17H20N4O5S. The monoisotopic (exact) mass is 392 g/mol. The molecule has 1 N–H and O–H groups in total. The van der Waals surface area contributed by atoms with E-state index in [2.05, 4.69) is 15.5 Å². The number of ether oxygens (including phenoxy) is 3. The molecular weight excluding hydrogens is 372 g/mol. The van der Waals surface area contributed by atoms with Crippen molar-refractivity contribution in [2.75, 3.05) is 45.3 Å². The number of benzene rings is 1. The number of carbonyl (C=O) groups is 2. The quantitative estimate of drug-likeness (QED) is 0.754. The highest BCUT2D eigenvalue weighted by Crippen LogP contribution is 2.17. The van der Waals surface area contributed by atoms with Gasteiger partial charge in [-0.3, -0.25) is 9.59 Å². The first-order valence-electron chi connectivity index (χ1n) is 8.37. The molecule has 0 bridgehead atoms. The fourth-order valence-electron chi connectivity index (χ4n) is 2.39. The number of hydrogen-bond acceptors (Lipinski definition) is 8. The van der Waals surface area contributed by atoms with Crippen molar-refractivity contribution in [1.29, 1.82) is 0 Å². The van der Waals surface area contributed by atoms with E-state index >= 15 is 0 Å². The molecule has 144 valence electrons. The Kier molecular flexibility index (Phi) is 6.69. The van der Waals surface area contributed by atoms with Crippen LogP contribution in [0.2, 0.25) is 0 Å². The third-order valence-corrected chi connectivity index (χ3v) is 4.72. The van der Waals surface area contributed by atoms with E-state index in [1.807, 2.05) is 0 Å². The molecule has 1 aromatic carbocycles. The van der Waals surface area contributed by atoms with Gasteiger partial charge in [0.25, 0.3) is 5.91 Å². The van der Waals surface area contributed by atoms with E-state index in [1.165, 1.54) is 0 Å². The zero-order chi connectivity index (χ0) is 19.1. The van der Waals surface area contributed by atoms with Crippen molar-refractivity contribution in [2.45, 2.75) is 6.61 Å². The Bertz CT molecular complexity index is 774. The Morgan fingerprint density at radius 2 is 1.96 bits per heavy atom. The van der Waals surface area contributed by atoms with Crippen LogP contribution in [0, 0.1) is 0 Å². The fourth-order valence-corrected chi connectivity index (χ4v) is 3.06. The first-order valence-corrected chi connectivity index (χ1v) is 9.18. The highest BCUT2D eigenvalue weighted by Gasteiger charge is 2.17. The number of carbonyl (C=O) groups excluding carboxylic acids is 2. The molecule has 3 rings (SSSR count). The lowest BCUT2D eigenvalue weighted by Gasteiger charge is -2.26. The average Bonchev–Trinajstić information content (AvgIpc) is 3.18. The van der Waals surface area contributed by atoms with Crippen LogP contribution in [0.15, 0.2) is 24.3 Å². The number of morpholine rings is 1. The van der Waals surface area contributed by atoms with Crippen molar-refractivity contribution >= 4 is 28.8 Å². The summed E-state index contributed by atoms with van der Waals surface area (Å²) in [4.78, 5) is 25.9. The second-order valence-electron chi connectivity index (χ2n) is 5.67. The Labute approximate surface area is 160 Å². The second-order valence-corrected chi connectivity index (χ2v) is 6.73. The Hall–Kier alpha value is -2.56. The van der Waals surface area contributed by atoms with Crippen molar-refractivity contribution < 1.29 is 23.8 Å². The molecule has 0 spiro atoms. The van der Waals surface area contributed by atoms with Gasteiger partial charge in [-0.2, -0.15) is 0 Å². The minimum Gasteiger partial charge on any atom is -0.497 e. The Morgan fingerprint density at radius 3 is 2.67 bits per heavy atom. The number of hydrogen-bond donors (Lipinski definition) is 1. The summed E-state index contributed by atoms with van der Waals surface area (Å²) in [5, 5.41) is 11.3. The number of methoxy groups -OCH3 is 1. The molecule has 1 aliphatic rings. The van der Waals surface area contributed by atoms with E-state index in [-0.39, 0.29) is 30.0 Å². The van der Waals surface area contributed by atoms with Gasteiger partial charge in [0.05, 0.1) is 20.3 Å². The molecule has 1 aliphatic heterocycles. The van der Waals surface area contributed by atoms with Crippen LogP contribution in [0.5, 0.6) is 5.75 Å². The molecule has 1 aromatic heterocycles. The smallest absolute Gasteiger partial charge is 0.286 e. The molecule has 0 unspecified atom stereocenters. The van der Waals surface area contributed by atoms with Gasteiger partial charge in [0.1, 0.15) is 24.0 Å². The first kappa shape index (κ1) is 19.2. The molecule has 0 radical (unpaired) electrons. The fraction of sp³-hybridized carbons (Fsp3) is 0.412. The summed E-state index contributed by atoms with van der Waals surface area (Å²) in [6, 6.07) is 6.97. The second kappa shape index (κ2) is 9.40. The van der Waals surface area contributed by atoms with E-state index in [9.17, 15) is 9.59 Å². The van der Waals surface area contributed by atoms with Crippen LogP contribution >= 0.6 is 11.3 Å². The molecule has 2 aromatic rings. The van der Waals surface area contributed by atoms with Crippen LogP contribution in [0.3, 0.4) is 0 Å². The van der Waals surface area contributed by atoms with Gasteiger partial charge in [-0.1, -0.05) is 11.3 Å². The van der Waals surface area contributed by atoms with Gasteiger partial charge in [-0.05, 0) is 24.3 Å².